The van der Waals surface area contributed by atoms with Crippen molar-refractivity contribution in [3.05, 3.63) is 22.8 Å². The van der Waals surface area contributed by atoms with Gasteiger partial charge in [0.1, 0.15) is 12.2 Å². The molecule has 2 rings (SSSR count). The van der Waals surface area contributed by atoms with Gasteiger partial charge < -0.3 is 14.9 Å². The number of rotatable bonds is 6. The van der Waals surface area contributed by atoms with E-state index in [-0.39, 0.29) is 35.2 Å². The van der Waals surface area contributed by atoms with E-state index in [0.717, 1.165) is 37.7 Å². The summed E-state index contributed by atoms with van der Waals surface area (Å²) in [7, 11) is 0. The first-order chi connectivity index (χ1) is 13.0. The molecular formula is C24H40O4. The van der Waals surface area contributed by atoms with Crippen LogP contribution in [-0.2, 0) is 9.53 Å². The van der Waals surface area contributed by atoms with Gasteiger partial charge >= 0.3 is 5.97 Å². The number of fused-ring (bicyclic) bond motifs is 1. The second-order valence-electron chi connectivity index (χ2n) is 10.1. The van der Waals surface area contributed by atoms with Crippen molar-refractivity contribution >= 4 is 5.97 Å². The summed E-state index contributed by atoms with van der Waals surface area (Å²) in [6.45, 7) is 14.6. The first-order valence-corrected chi connectivity index (χ1v) is 10.8. The molecule has 0 saturated heterocycles. The van der Waals surface area contributed by atoms with Crippen LogP contribution in [0.3, 0.4) is 0 Å². The molecule has 0 heterocycles. The van der Waals surface area contributed by atoms with Crippen LogP contribution in [0.4, 0.5) is 0 Å². The summed E-state index contributed by atoms with van der Waals surface area (Å²) in [4.78, 5) is 12.4. The molecule has 0 amide bonds. The standard InChI is InChI=1S/C24H40O4/c1-15(2)22(27)28-20-19(26)17(4)18(10-9-16(3)11-14-25)24(7)13-8-12-23(5,6)21(20)24/h11,15,19-21,25-26H,8-10,12-14H2,1-7H3/b16-11+/t19-,20+,21-,24+/m0/s1. The van der Waals surface area contributed by atoms with Crippen LogP contribution in [0.2, 0.25) is 0 Å². The predicted octanol–water partition coefficient (Wildman–Crippen LogP) is 4.80. The minimum atomic E-state index is -0.754. The van der Waals surface area contributed by atoms with Crippen molar-refractivity contribution in [2.45, 2.75) is 92.8 Å². The van der Waals surface area contributed by atoms with Gasteiger partial charge in [-0.15, -0.1) is 0 Å². The number of hydrogen-bond acceptors (Lipinski definition) is 4. The van der Waals surface area contributed by atoms with Crippen LogP contribution in [0.15, 0.2) is 22.8 Å². The Bertz CT molecular complexity index is 643. The van der Waals surface area contributed by atoms with Crippen LogP contribution in [0.25, 0.3) is 0 Å². The summed E-state index contributed by atoms with van der Waals surface area (Å²) in [6, 6.07) is 0. The molecule has 1 fully saturated rings. The van der Waals surface area contributed by atoms with Gasteiger partial charge in [-0.2, -0.15) is 0 Å². The highest BCUT2D eigenvalue weighted by molar-refractivity contribution is 5.72. The molecule has 0 aromatic rings. The average molecular weight is 393 g/mol. The maximum Gasteiger partial charge on any atom is 0.308 e. The van der Waals surface area contributed by atoms with Crippen LogP contribution in [-0.4, -0.2) is 35.0 Å². The summed E-state index contributed by atoms with van der Waals surface area (Å²) < 4.78 is 5.95. The van der Waals surface area contributed by atoms with Gasteiger partial charge in [0, 0.05) is 5.92 Å². The molecule has 0 unspecified atom stereocenters. The minimum Gasteiger partial charge on any atom is -0.459 e. The summed E-state index contributed by atoms with van der Waals surface area (Å²) in [6.07, 6.45) is 5.63. The Balaban J connectivity index is 2.48. The van der Waals surface area contributed by atoms with Crippen molar-refractivity contribution in [3.8, 4) is 0 Å². The first kappa shape index (κ1) is 23.2. The highest BCUT2D eigenvalue weighted by Crippen LogP contribution is 2.61. The lowest BCUT2D eigenvalue weighted by Gasteiger charge is -2.58. The maximum atomic E-state index is 12.4. The van der Waals surface area contributed by atoms with Crippen molar-refractivity contribution in [1.29, 1.82) is 0 Å². The molecule has 2 N–H and O–H groups in total. The van der Waals surface area contributed by atoms with E-state index < -0.39 is 12.2 Å². The van der Waals surface area contributed by atoms with Crippen molar-refractivity contribution in [3.63, 3.8) is 0 Å². The van der Waals surface area contributed by atoms with E-state index in [2.05, 4.69) is 20.8 Å². The molecule has 0 aromatic heterocycles. The second-order valence-corrected chi connectivity index (χ2v) is 10.1. The SMILES string of the molecule is CC1=C(CC/C(C)=C/CO)[C@@]2(C)CCCC(C)(C)[C@@H]2[C@H](OC(=O)C(C)C)[C@H]1O. The van der Waals surface area contributed by atoms with E-state index in [9.17, 15) is 9.90 Å². The third kappa shape index (κ3) is 4.38. The lowest BCUT2D eigenvalue weighted by Crippen LogP contribution is -2.58. The Morgan fingerprint density at radius 2 is 1.93 bits per heavy atom. The molecule has 1 saturated carbocycles. The van der Waals surface area contributed by atoms with Gasteiger partial charge in [-0.25, -0.2) is 0 Å². The highest BCUT2D eigenvalue weighted by Gasteiger charge is 2.58. The normalized spacial score (nSPS) is 33.1. The average Bonchev–Trinajstić information content (AvgIpc) is 2.58. The van der Waals surface area contributed by atoms with E-state index in [0.29, 0.717) is 0 Å². The summed E-state index contributed by atoms with van der Waals surface area (Å²) in [5.74, 6) is -0.347. The number of aliphatic hydroxyl groups is 2. The molecule has 2 aliphatic rings. The fourth-order valence-corrected chi connectivity index (χ4v) is 5.75. The molecule has 28 heavy (non-hydrogen) atoms. The Morgan fingerprint density at radius 3 is 2.50 bits per heavy atom. The molecule has 160 valence electrons. The van der Waals surface area contributed by atoms with Crippen LogP contribution in [0, 0.1) is 22.7 Å². The summed E-state index contributed by atoms with van der Waals surface area (Å²) in [5, 5.41) is 20.4. The number of carbonyl (C=O) groups is 1. The van der Waals surface area contributed by atoms with E-state index in [1.54, 1.807) is 0 Å². The summed E-state index contributed by atoms with van der Waals surface area (Å²) in [5.41, 5.74) is 3.35. The van der Waals surface area contributed by atoms with Crippen LogP contribution < -0.4 is 0 Å². The van der Waals surface area contributed by atoms with Crippen LogP contribution >= 0.6 is 0 Å². The molecule has 0 radical (unpaired) electrons. The lowest BCUT2D eigenvalue weighted by atomic mass is 9.48. The Labute approximate surface area is 171 Å². The third-order valence-corrected chi connectivity index (χ3v) is 7.23. The van der Waals surface area contributed by atoms with Gasteiger partial charge in [0.05, 0.1) is 12.5 Å². The fourth-order valence-electron chi connectivity index (χ4n) is 5.75. The van der Waals surface area contributed by atoms with Gasteiger partial charge in [0.15, 0.2) is 0 Å². The zero-order valence-electron chi connectivity index (χ0n) is 18.8. The number of ether oxygens (including phenoxy) is 1. The predicted molar refractivity (Wildman–Crippen MR) is 113 cm³/mol. The molecule has 0 spiro atoms. The monoisotopic (exact) mass is 392 g/mol. The Hall–Kier alpha value is -1.13. The number of carbonyl (C=O) groups excluding carboxylic acids is 1. The van der Waals surface area contributed by atoms with Crippen molar-refractivity contribution in [2.75, 3.05) is 6.61 Å². The van der Waals surface area contributed by atoms with Gasteiger partial charge in [-0.05, 0) is 55.9 Å². The van der Waals surface area contributed by atoms with E-state index in [1.165, 1.54) is 11.1 Å². The van der Waals surface area contributed by atoms with Crippen molar-refractivity contribution in [2.24, 2.45) is 22.7 Å². The zero-order chi connectivity index (χ0) is 21.3. The molecule has 2 aliphatic carbocycles. The van der Waals surface area contributed by atoms with Gasteiger partial charge in [0.2, 0.25) is 0 Å². The Morgan fingerprint density at radius 1 is 1.29 bits per heavy atom. The van der Waals surface area contributed by atoms with E-state index in [1.807, 2.05) is 33.8 Å². The number of esters is 1. The van der Waals surface area contributed by atoms with Crippen molar-refractivity contribution < 1.29 is 19.7 Å². The van der Waals surface area contributed by atoms with Gasteiger partial charge in [-0.1, -0.05) is 58.3 Å². The van der Waals surface area contributed by atoms with Crippen LogP contribution in [0.1, 0.15) is 80.6 Å². The molecular weight excluding hydrogens is 352 g/mol. The fraction of sp³-hybridized carbons (Fsp3) is 0.792. The number of allylic oxidation sites excluding steroid dienone is 2. The lowest BCUT2D eigenvalue weighted by molar-refractivity contribution is -0.179. The van der Waals surface area contributed by atoms with E-state index in [4.69, 9.17) is 9.84 Å². The number of aliphatic hydroxyl groups excluding tert-OH is 2. The third-order valence-electron chi connectivity index (χ3n) is 7.23. The zero-order valence-corrected chi connectivity index (χ0v) is 18.8. The first-order valence-electron chi connectivity index (χ1n) is 10.8. The van der Waals surface area contributed by atoms with Crippen molar-refractivity contribution in [1.82, 2.24) is 0 Å². The number of hydrogen-bond donors (Lipinski definition) is 2. The summed E-state index contributed by atoms with van der Waals surface area (Å²) >= 11 is 0. The largest absolute Gasteiger partial charge is 0.459 e. The Kier molecular flexibility index (Phi) is 7.20. The second kappa shape index (κ2) is 8.71. The molecule has 0 aliphatic heterocycles. The molecule has 4 nitrogen and oxygen atoms in total. The van der Waals surface area contributed by atoms with Gasteiger partial charge in [-0.3, -0.25) is 4.79 Å². The smallest absolute Gasteiger partial charge is 0.308 e. The van der Waals surface area contributed by atoms with E-state index >= 15 is 0 Å². The van der Waals surface area contributed by atoms with Gasteiger partial charge in [0.25, 0.3) is 0 Å². The minimum absolute atomic E-state index is 0.0160. The maximum absolute atomic E-state index is 12.4. The molecule has 4 atom stereocenters. The molecule has 0 aromatic carbocycles. The molecule has 0 bridgehead atoms. The topological polar surface area (TPSA) is 66.8 Å². The molecule has 4 heteroatoms. The quantitative estimate of drug-likeness (QED) is 0.503. The highest BCUT2D eigenvalue weighted by atomic mass is 16.6. The van der Waals surface area contributed by atoms with Crippen LogP contribution in [0.5, 0.6) is 0 Å².